The maximum atomic E-state index is 14.0. The third kappa shape index (κ3) is 4.49. The van der Waals surface area contributed by atoms with Gasteiger partial charge in [-0.1, -0.05) is 0 Å². The standard InChI is InChI=1S/C15H18F4N2O3S2/c1-14(2,3)20-13(22)11-7-25-8-21(11)26(23,24)12-6-9(15(17,18)19)4-5-10(12)16/h4-6,11H,7-8H2,1-3H3,(H,20,22). The van der Waals surface area contributed by atoms with Crippen LogP contribution >= 0.6 is 11.8 Å². The molecule has 1 fully saturated rings. The Morgan fingerprint density at radius 3 is 2.42 bits per heavy atom. The van der Waals surface area contributed by atoms with E-state index in [0.29, 0.717) is 12.1 Å². The zero-order chi connectivity index (χ0) is 19.9. The van der Waals surface area contributed by atoms with E-state index in [-0.39, 0.29) is 17.7 Å². The van der Waals surface area contributed by atoms with Crippen molar-refractivity contribution in [3.05, 3.63) is 29.6 Å². The molecule has 1 atom stereocenters. The van der Waals surface area contributed by atoms with E-state index < -0.39 is 50.0 Å². The van der Waals surface area contributed by atoms with Crippen molar-refractivity contribution in [3.63, 3.8) is 0 Å². The molecule has 1 heterocycles. The lowest BCUT2D eigenvalue weighted by Crippen LogP contribution is -2.52. The highest BCUT2D eigenvalue weighted by atomic mass is 32.2. The van der Waals surface area contributed by atoms with Gasteiger partial charge in [-0.3, -0.25) is 4.79 Å². The largest absolute Gasteiger partial charge is 0.416 e. The highest BCUT2D eigenvalue weighted by Crippen LogP contribution is 2.34. The summed E-state index contributed by atoms with van der Waals surface area (Å²) in [6.07, 6.45) is -4.82. The molecule has 0 bridgehead atoms. The quantitative estimate of drug-likeness (QED) is 0.773. The second kappa shape index (κ2) is 7.01. The first kappa shape index (κ1) is 21.0. The van der Waals surface area contributed by atoms with Gasteiger partial charge < -0.3 is 5.32 Å². The van der Waals surface area contributed by atoms with Gasteiger partial charge in [-0.05, 0) is 39.0 Å². The molecular weight excluding hydrogens is 396 g/mol. The number of carbonyl (C=O) groups is 1. The van der Waals surface area contributed by atoms with Crippen molar-refractivity contribution in [2.45, 2.75) is 43.4 Å². The number of amides is 1. The Hall–Kier alpha value is -1.33. The van der Waals surface area contributed by atoms with Crippen molar-refractivity contribution in [1.82, 2.24) is 9.62 Å². The van der Waals surface area contributed by atoms with Gasteiger partial charge in [0.2, 0.25) is 15.9 Å². The van der Waals surface area contributed by atoms with Crippen LogP contribution in [0.25, 0.3) is 0 Å². The molecule has 5 nitrogen and oxygen atoms in total. The van der Waals surface area contributed by atoms with Crippen LogP contribution in [0.5, 0.6) is 0 Å². The Morgan fingerprint density at radius 2 is 1.88 bits per heavy atom. The smallest absolute Gasteiger partial charge is 0.350 e. The van der Waals surface area contributed by atoms with E-state index in [1.54, 1.807) is 20.8 Å². The predicted molar refractivity (Wildman–Crippen MR) is 89.4 cm³/mol. The summed E-state index contributed by atoms with van der Waals surface area (Å²) in [5.74, 6) is -1.91. The van der Waals surface area contributed by atoms with Gasteiger partial charge in [0.1, 0.15) is 16.8 Å². The number of carbonyl (C=O) groups excluding carboxylic acids is 1. The first-order valence-corrected chi connectivity index (χ1v) is 10.1. The van der Waals surface area contributed by atoms with Gasteiger partial charge in [0.15, 0.2) is 0 Å². The van der Waals surface area contributed by atoms with Gasteiger partial charge in [0, 0.05) is 11.3 Å². The summed E-state index contributed by atoms with van der Waals surface area (Å²) in [6.45, 7) is 5.12. The number of benzene rings is 1. The zero-order valence-corrected chi connectivity index (χ0v) is 15.9. The van der Waals surface area contributed by atoms with Crippen LogP contribution in [0, 0.1) is 5.82 Å². The number of hydrogen-bond acceptors (Lipinski definition) is 4. The van der Waals surface area contributed by atoms with Crippen molar-refractivity contribution in [2.75, 3.05) is 11.6 Å². The summed E-state index contributed by atoms with van der Waals surface area (Å²) in [5.41, 5.74) is -1.90. The zero-order valence-electron chi connectivity index (χ0n) is 14.2. The fraction of sp³-hybridized carbons (Fsp3) is 0.533. The van der Waals surface area contributed by atoms with Gasteiger partial charge in [0.05, 0.1) is 11.4 Å². The molecule has 0 saturated carbocycles. The van der Waals surface area contributed by atoms with E-state index >= 15 is 0 Å². The van der Waals surface area contributed by atoms with Crippen molar-refractivity contribution in [1.29, 1.82) is 0 Å². The lowest BCUT2D eigenvalue weighted by molar-refractivity contribution is -0.137. The number of hydrogen-bond donors (Lipinski definition) is 1. The Morgan fingerprint density at radius 1 is 1.27 bits per heavy atom. The molecule has 1 aliphatic heterocycles. The predicted octanol–water partition coefficient (Wildman–Crippen LogP) is 2.82. The molecule has 1 unspecified atom stereocenters. The Kier molecular flexibility index (Phi) is 5.65. The first-order valence-electron chi connectivity index (χ1n) is 7.52. The van der Waals surface area contributed by atoms with Crippen LogP contribution in [0.4, 0.5) is 17.6 Å². The molecule has 0 aliphatic carbocycles. The van der Waals surface area contributed by atoms with Crippen LogP contribution in [0.1, 0.15) is 26.3 Å². The van der Waals surface area contributed by atoms with Gasteiger partial charge >= 0.3 is 6.18 Å². The molecule has 26 heavy (non-hydrogen) atoms. The number of thioether (sulfide) groups is 1. The molecule has 1 amide bonds. The van der Waals surface area contributed by atoms with Crippen molar-refractivity contribution in [3.8, 4) is 0 Å². The maximum absolute atomic E-state index is 14.0. The van der Waals surface area contributed by atoms with E-state index in [2.05, 4.69) is 5.32 Å². The monoisotopic (exact) mass is 414 g/mol. The summed E-state index contributed by atoms with van der Waals surface area (Å²) in [6, 6.07) is 0.0602. The molecule has 2 rings (SSSR count). The van der Waals surface area contributed by atoms with Crippen molar-refractivity contribution < 1.29 is 30.8 Å². The van der Waals surface area contributed by atoms with Gasteiger partial charge in [-0.15, -0.1) is 11.8 Å². The highest BCUT2D eigenvalue weighted by molar-refractivity contribution is 8.00. The molecule has 146 valence electrons. The van der Waals surface area contributed by atoms with Crippen LogP contribution in [0.2, 0.25) is 0 Å². The van der Waals surface area contributed by atoms with E-state index in [1.807, 2.05) is 0 Å². The number of nitrogens with one attached hydrogen (secondary N) is 1. The third-order valence-corrected chi connectivity index (χ3v) is 6.53. The maximum Gasteiger partial charge on any atom is 0.416 e. The molecule has 0 spiro atoms. The van der Waals surface area contributed by atoms with Crippen LogP contribution in [0.15, 0.2) is 23.1 Å². The molecule has 1 saturated heterocycles. The lowest BCUT2D eigenvalue weighted by Gasteiger charge is -2.27. The van der Waals surface area contributed by atoms with E-state index in [9.17, 15) is 30.8 Å². The Bertz CT molecular complexity index is 804. The second-order valence-electron chi connectivity index (χ2n) is 6.79. The van der Waals surface area contributed by atoms with Gasteiger partial charge in [0.25, 0.3) is 0 Å². The fourth-order valence-corrected chi connectivity index (χ4v) is 5.57. The molecule has 1 aromatic rings. The molecule has 0 radical (unpaired) electrons. The average molecular weight is 414 g/mol. The third-order valence-electron chi connectivity index (χ3n) is 3.49. The number of sulfonamides is 1. The summed E-state index contributed by atoms with van der Waals surface area (Å²) in [7, 11) is -4.63. The molecule has 11 heteroatoms. The van der Waals surface area contributed by atoms with Crippen LogP contribution in [-0.2, 0) is 21.0 Å². The SMILES string of the molecule is CC(C)(C)NC(=O)C1CSCN1S(=O)(=O)c1cc(C(F)(F)F)ccc1F. The molecule has 0 aromatic heterocycles. The minimum absolute atomic E-state index is 0.127. The normalized spacial score (nSPS) is 19.6. The average Bonchev–Trinajstić information content (AvgIpc) is 2.94. The fourth-order valence-electron chi connectivity index (χ4n) is 2.33. The van der Waals surface area contributed by atoms with Crippen LogP contribution in [-0.4, -0.2) is 41.8 Å². The number of nitrogens with zero attached hydrogens (tertiary/aromatic N) is 1. The van der Waals surface area contributed by atoms with Crippen LogP contribution in [0.3, 0.4) is 0 Å². The van der Waals surface area contributed by atoms with Crippen molar-refractivity contribution >= 4 is 27.7 Å². The molecule has 1 N–H and O–H groups in total. The van der Waals surface area contributed by atoms with E-state index in [4.69, 9.17) is 0 Å². The van der Waals surface area contributed by atoms with E-state index in [1.165, 1.54) is 0 Å². The van der Waals surface area contributed by atoms with Gasteiger partial charge in [-0.25, -0.2) is 12.8 Å². The van der Waals surface area contributed by atoms with Crippen LogP contribution < -0.4 is 5.32 Å². The number of alkyl halides is 3. The van der Waals surface area contributed by atoms with Gasteiger partial charge in [-0.2, -0.15) is 17.5 Å². The summed E-state index contributed by atoms with van der Waals surface area (Å²) in [5, 5.41) is 2.63. The topological polar surface area (TPSA) is 66.5 Å². The Balaban J connectivity index is 2.42. The summed E-state index contributed by atoms with van der Waals surface area (Å²) in [4.78, 5) is 11.3. The molecular formula is C15H18F4N2O3S2. The number of halogens is 4. The lowest BCUT2D eigenvalue weighted by atomic mass is 10.1. The molecule has 1 aromatic carbocycles. The van der Waals surface area contributed by atoms with Crippen molar-refractivity contribution in [2.24, 2.45) is 0 Å². The minimum atomic E-state index is -4.82. The molecule has 1 aliphatic rings. The minimum Gasteiger partial charge on any atom is -0.350 e. The number of rotatable bonds is 3. The second-order valence-corrected chi connectivity index (χ2v) is 9.65. The Labute approximate surface area is 153 Å². The summed E-state index contributed by atoms with van der Waals surface area (Å²) < 4.78 is 78.8. The highest BCUT2D eigenvalue weighted by Gasteiger charge is 2.43. The van der Waals surface area contributed by atoms with E-state index in [0.717, 1.165) is 16.1 Å². The first-order chi connectivity index (χ1) is 11.7. The summed E-state index contributed by atoms with van der Waals surface area (Å²) >= 11 is 1.12.